The molecule has 2 N–H and O–H groups in total. The van der Waals surface area contributed by atoms with Crippen molar-refractivity contribution in [1.82, 2.24) is 20.4 Å². The van der Waals surface area contributed by atoms with Crippen LogP contribution >= 0.6 is 0 Å². The second kappa shape index (κ2) is 9.23. The molecule has 176 valence electrons. The molecule has 0 spiro atoms. The van der Waals surface area contributed by atoms with Gasteiger partial charge in [0, 0.05) is 26.1 Å². The van der Waals surface area contributed by atoms with E-state index in [2.05, 4.69) is 15.5 Å². The third kappa shape index (κ3) is 4.52. The number of benzene rings is 1. The van der Waals surface area contributed by atoms with Crippen LogP contribution in [0.3, 0.4) is 0 Å². The lowest BCUT2D eigenvalue weighted by molar-refractivity contribution is -0.136. The molecule has 4 amide bonds. The van der Waals surface area contributed by atoms with Gasteiger partial charge >= 0.3 is 0 Å². The van der Waals surface area contributed by atoms with Crippen LogP contribution in [0, 0.1) is 5.92 Å². The van der Waals surface area contributed by atoms with E-state index in [4.69, 9.17) is 4.74 Å². The Bertz CT molecular complexity index is 966. The van der Waals surface area contributed by atoms with Crippen molar-refractivity contribution in [2.45, 2.75) is 50.7 Å². The van der Waals surface area contributed by atoms with Gasteiger partial charge in [-0.2, -0.15) is 0 Å². The zero-order valence-corrected chi connectivity index (χ0v) is 18.7. The topological polar surface area (TPSA) is 108 Å². The molecule has 3 fully saturated rings. The summed E-state index contributed by atoms with van der Waals surface area (Å²) >= 11 is 0. The lowest BCUT2D eigenvalue weighted by Gasteiger charge is -2.35. The Morgan fingerprint density at radius 1 is 0.909 bits per heavy atom. The van der Waals surface area contributed by atoms with Crippen molar-refractivity contribution in [3.05, 3.63) is 29.3 Å². The summed E-state index contributed by atoms with van der Waals surface area (Å²) in [4.78, 5) is 52.9. The summed E-state index contributed by atoms with van der Waals surface area (Å²) in [6, 6.07) is 3.98. The van der Waals surface area contributed by atoms with Crippen LogP contribution in [0.15, 0.2) is 18.2 Å². The van der Waals surface area contributed by atoms with E-state index >= 15 is 0 Å². The molecular formula is C24H30N4O5. The fraction of sp³-hybridized carbons (Fsp3) is 0.583. The molecule has 4 aliphatic heterocycles. The van der Waals surface area contributed by atoms with E-state index in [9.17, 15) is 19.2 Å². The highest BCUT2D eigenvalue weighted by Crippen LogP contribution is 2.31. The Kier molecular flexibility index (Phi) is 6.16. The van der Waals surface area contributed by atoms with Gasteiger partial charge in [0.05, 0.1) is 11.1 Å². The van der Waals surface area contributed by atoms with Crippen LogP contribution in [-0.2, 0) is 9.59 Å². The van der Waals surface area contributed by atoms with E-state index in [0.717, 1.165) is 56.4 Å². The second-order valence-corrected chi connectivity index (χ2v) is 9.47. The first-order valence-electron chi connectivity index (χ1n) is 11.9. The van der Waals surface area contributed by atoms with Crippen molar-refractivity contribution in [3.8, 4) is 5.75 Å². The van der Waals surface area contributed by atoms with Gasteiger partial charge in [0.15, 0.2) is 0 Å². The van der Waals surface area contributed by atoms with Crippen LogP contribution in [0.5, 0.6) is 5.75 Å². The lowest BCUT2D eigenvalue weighted by atomic mass is 9.96. The summed E-state index contributed by atoms with van der Waals surface area (Å²) in [6.45, 7) is 5.38. The lowest BCUT2D eigenvalue weighted by Crippen LogP contribution is -2.54. The number of fused-ring (bicyclic) bond motifs is 1. The molecule has 1 unspecified atom stereocenters. The monoisotopic (exact) mass is 454 g/mol. The van der Waals surface area contributed by atoms with E-state index in [0.29, 0.717) is 5.75 Å². The number of nitrogens with zero attached hydrogens (tertiary/aromatic N) is 2. The van der Waals surface area contributed by atoms with Gasteiger partial charge in [-0.15, -0.1) is 0 Å². The number of nitrogens with one attached hydrogen (secondary N) is 2. The zero-order valence-electron chi connectivity index (χ0n) is 18.7. The summed E-state index contributed by atoms with van der Waals surface area (Å²) in [7, 11) is 0. The van der Waals surface area contributed by atoms with Crippen LogP contribution in [0.1, 0.15) is 59.2 Å². The van der Waals surface area contributed by atoms with E-state index in [1.54, 1.807) is 18.2 Å². The largest absolute Gasteiger partial charge is 0.490 e. The van der Waals surface area contributed by atoms with Crippen molar-refractivity contribution in [3.63, 3.8) is 0 Å². The second-order valence-electron chi connectivity index (χ2n) is 9.47. The molecule has 0 aliphatic carbocycles. The van der Waals surface area contributed by atoms with Gasteiger partial charge in [0.25, 0.3) is 11.8 Å². The van der Waals surface area contributed by atoms with Gasteiger partial charge in [-0.1, -0.05) is 0 Å². The quantitative estimate of drug-likeness (QED) is 0.638. The maximum Gasteiger partial charge on any atom is 0.262 e. The zero-order chi connectivity index (χ0) is 22.9. The molecule has 9 nitrogen and oxygen atoms in total. The molecule has 0 aromatic heterocycles. The highest BCUT2D eigenvalue weighted by molar-refractivity contribution is 6.23. The average molecular weight is 455 g/mol. The van der Waals surface area contributed by atoms with Crippen LogP contribution < -0.4 is 15.4 Å². The molecule has 4 heterocycles. The number of piperidine rings is 3. The molecule has 0 radical (unpaired) electrons. The standard InChI is InChI=1S/C24H30N4O5/c29-21-4-3-20(22(30)26-21)28-23(31)18-2-1-17(13-19(18)24(28)32)33-16-7-11-27(12-8-16)14-15-5-9-25-10-6-15/h1-2,13,15-16,20,25H,3-12,14H2,(H,26,29,30). The fourth-order valence-electron chi connectivity index (χ4n) is 5.36. The third-order valence-corrected chi connectivity index (χ3v) is 7.22. The third-order valence-electron chi connectivity index (χ3n) is 7.22. The number of amides is 4. The summed E-state index contributed by atoms with van der Waals surface area (Å²) in [6.07, 6.45) is 4.67. The number of hydrogen-bond donors (Lipinski definition) is 2. The Hall–Kier alpha value is -2.78. The van der Waals surface area contributed by atoms with Crippen LogP contribution in [0.4, 0.5) is 0 Å². The molecule has 33 heavy (non-hydrogen) atoms. The Morgan fingerprint density at radius 2 is 1.64 bits per heavy atom. The normalized spacial score (nSPS) is 25.3. The molecule has 4 aliphatic rings. The van der Waals surface area contributed by atoms with E-state index in [1.165, 1.54) is 12.8 Å². The molecule has 9 heteroatoms. The van der Waals surface area contributed by atoms with Crippen molar-refractivity contribution < 1.29 is 23.9 Å². The molecule has 3 saturated heterocycles. The van der Waals surface area contributed by atoms with Gasteiger partial charge in [-0.05, 0) is 69.3 Å². The van der Waals surface area contributed by atoms with Crippen LogP contribution in [-0.4, -0.2) is 78.3 Å². The first-order valence-corrected chi connectivity index (χ1v) is 11.9. The molecule has 1 atom stereocenters. The maximum absolute atomic E-state index is 13.0. The van der Waals surface area contributed by atoms with Crippen molar-refractivity contribution in [2.24, 2.45) is 5.92 Å². The Labute approximate surface area is 192 Å². The highest BCUT2D eigenvalue weighted by atomic mass is 16.5. The number of ether oxygens (including phenoxy) is 1. The maximum atomic E-state index is 13.0. The number of imide groups is 2. The molecule has 1 aromatic carbocycles. The van der Waals surface area contributed by atoms with E-state index < -0.39 is 23.8 Å². The van der Waals surface area contributed by atoms with E-state index in [1.807, 2.05) is 0 Å². The van der Waals surface area contributed by atoms with Gasteiger partial charge in [0.1, 0.15) is 17.9 Å². The molecule has 1 aromatic rings. The Morgan fingerprint density at radius 3 is 2.36 bits per heavy atom. The summed E-state index contributed by atoms with van der Waals surface area (Å²) in [5, 5.41) is 5.63. The first kappa shape index (κ1) is 22.0. The van der Waals surface area contributed by atoms with Gasteiger partial charge in [-0.25, -0.2) is 0 Å². The molecule has 0 saturated carbocycles. The minimum Gasteiger partial charge on any atom is -0.490 e. The van der Waals surface area contributed by atoms with Gasteiger partial charge in [0.2, 0.25) is 11.8 Å². The van der Waals surface area contributed by atoms with Crippen molar-refractivity contribution in [2.75, 3.05) is 32.7 Å². The minimum atomic E-state index is -0.955. The van der Waals surface area contributed by atoms with Crippen LogP contribution in [0.2, 0.25) is 0 Å². The fourth-order valence-corrected chi connectivity index (χ4v) is 5.36. The molecule has 0 bridgehead atoms. The summed E-state index contributed by atoms with van der Waals surface area (Å²) in [5.74, 6) is -0.652. The van der Waals surface area contributed by atoms with Gasteiger partial charge < -0.3 is 15.0 Å². The van der Waals surface area contributed by atoms with Crippen LogP contribution in [0.25, 0.3) is 0 Å². The number of likely N-dealkylation sites (tertiary alicyclic amines) is 1. The van der Waals surface area contributed by atoms with Gasteiger partial charge in [-0.3, -0.25) is 29.4 Å². The van der Waals surface area contributed by atoms with Crippen molar-refractivity contribution >= 4 is 23.6 Å². The minimum absolute atomic E-state index is 0.0748. The predicted octanol–water partition coefficient (Wildman–Crippen LogP) is 0.931. The smallest absolute Gasteiger partial charge is 0.262 e. The number of hydrogen-bond acceptors (Lipinski definition) is 7. The number of rotatable bonds is 5. The Balaban J connectivity index is 1.19. The number of carbonyl (C=O) groups is 4. The predicted molar refractivity (Wildman–Crippen MR) is 119 cm³/mol. The van der Waals surface area contributed by atoms with E-state index in [-0.39, 0.29) is 36.0 Å². The van der Waals surface area contributed by atoms with Crippen molar-refractivity contribution in [1.29, 1.82) is 0 Å². The average Bonchev–Trinajstić information content (AvgIpc) is 3.06. The SMILES string of the molecule is O=C1CCC(N2C(=O)c3ccc(OC4CCN(CC5CCNCC5)CC4)cc3C2=O)C(=O)N1. The molecule has 5 rings (SSSR count). The number of carbonyl (C=O) groups excluding carboxylic acids is 4. The molecular weight excluding hydrogens is 424 g/mol. The first-order chi connectivity index (χ1) is 16.0. The summed E-state index contributed by atoms with van der Waals surface area (Å²) < 4.78 is 6.18. The highest BCUT2D eigenvalue weighted by Gasteiger charge is 2.44. The summed E-state index contributed by atoms with van der Waals surface area (Å²) in [5.41, 5.74) is 0.527.